The number of aliphatic carboxylic acids is 1. The molecule has 13 heteroatoms. The van der Waals surface area contributed by atoms with Crippen LogP contribution in [0.4, 0.5) is 10.6 Å². The predicted molar refractivity (Wildman–Crippen MR) is 119 cm³/mol. The van der Waals surface area contributed by atoms with E-state index < -0.39 is 5.97 Å². The molecule has 3 heterocycles. The van der Waals surface area contributed by atoms with Gasteiger partial charge in [0.1, 0.15) is 26.3 Å². The number of carbonyl (C=O) groups excluding carboxylic acids is 1. The van der Waals surface area contributed by atoms with Crippen LogP contribution < -0.4 is 10.2 Å². The Hall–Kier alpha value is -2.80. The van der Waals surface area contributed by atoms with Gasteiger partial charge < -0.3 is 10.4 Å². The van der Waals surface area contributed by atoms with Crippen LogP contribution in [0.1, 0.15) is 44.3 Å². The van der Waals surface area contributed by atoms with Crippen LogP contribution in [-0.4, -0.2) is 60.8 Å². The van der Waals surface area contributed by atoms with Gasteiger partial charge in [0.25, 0.3) is 0 Å². The predicted octanol–water partition coefficient (Wildman–Crippen LogP) is 2.68. The van der Waals surface area contributed by atoms with Gasteiger partial charge in [-0.2, -0.15) is 0 Å². The number of carboxylic acids is 1. The topological polar surface area (TPSA) is 150 Å². The Morgan fingerprint density at radius 3 is 2.81 bits per heavy atom. The summed E-state index contributed by atoms with van der Waals surface area (Å²) < 4.78 is 0.609. The molecule has 0 aliphatic rings. The number of urea groups is 1. The van der Waals surface area contributed by atoms with E-state index in [4.69, 9.17) is 5.11 Å². The maximum absolute atomic E-state index is 12.8. The van der Waals surface area contributed by atoms with Crippen LogP contribution in [0.5, 0.6) is 0 Å². The van der Waals surface area contributed by atoms with E-state index in [2.05, 4.69) is 48.5 Å². The van der Waals surface area contributed by atoms with Crippen molar-refractivity contribution in [1.82, 2.24) is 35.9 Å². The number of thiazole rings is 1. The molecular formula is C18H24N8O3S2. The monoisotopic (exact) mass is 464 g/mol. The molecule has 11 nitrogen and oxygen atoms in total. The fourth-order valence-electron chi connectivity index (χ4n) is 2.98. The smallest absolute Gasteiger partial charge is 0.323 e. The number of rotatable bonds is 12. The molecule has 0 saturated heterocycles. The normalized spacial score (nSPS) is 11.0. The molecule has 0 aromatic carbocycles. The van der Waals surface area contributed by atoms with Crippen molar-refractivity contribution in [2.24, 2.45) is 0 Å². The average molecular weight is 465 g/mol. The van der Waals surface area contributed by atoms with Crippen molar-refractivity contribution in [3.63, 3.8) is 0 Å². The van der Waals surface area contributed by atoms with E-state index >= 15 is 0 Å². The number of tetrazole rings is 1. The van der Waals surface area contributed by atoms with E-state index in [0.717, 1.165) is 37.0 Å². The summed E-state index contributed by atoms with van der Waals surface area (Å²) in [4.78, 5) is 34.7. The second-order valence-electron chi connectivity index (χ2n) is 6.88. The number of aromatic nitrogens is 6. The second kappa shape index (κ2) is 11.6. The molecule has 0 fully saturated rings. The van der Waals surface area contributed by atoms with Crippen molar-refractivity contribution >= 4 is 52.1 Å². The second-order valence-corrected chi connectivity index (χ2v) is 8.59. The first-order chi connectivity index (χ1) is 15.0. The van der Waals surface area contributed by atoms with E-state index in [0.29, 0.717) is 40.9 Å². The molecule has 0 aliphatic heterocycles. The van der Waals surface area contributed by atoms with Crippen LogP contribution >= 0.6 is 24.0 Å². The maximum atomic E-state index is 12.8. The summed E-state index contributed by atoms with van der Waals surface area (Å²) in [6.07, 6.45) is 4.55. The number of carboxylic acid groups (broad SMARTS) is 1. The lowest BCUT2D eigenvalue weighted by atomic mass is 10.2. The van der Waals surface area contributed by atoms with E-state index in [-0.39, 0.29) is 12.5 Å². The molecule has 3 aromatic heterocycles. The highest BCUT2D eigenvalue weighted by molar-refractivity contribution is 7.82. The number of nitrogens with one attached hydrogen (secondary N) is 2. The van der Waals surface area contributed by atoms with Gasteiger partial charge in [0.2, 0.25) is 0 Å². The molecule has 31 heavy (non-hydrogen) atoms. The third kappa shape index (κ3) is 7.14. The Bertz CT molecular complexity index is 995. The van der Waals surface area contributed by atoms with E-state index in [1.165, 1.54) is 11.3 Å². The summed E-state index contributed by atoms with van der Waals surface area (Å²) in [6.45, 7) is 0.908. The van der Waals surface area contributed by atoms with Crippen LogP contribution in [0, 0.1) is 0 Å². The van der Waals surface area contributed by atoms with E-state index in [9.17, 15) is 9.59 Å². The number of aromatic amines is 1. The van der Waals surface area contributed by atoms with Gasteiger partial charge in [-0.15, -0.1) is 17.7 Å². The zero-order valence-electron chi connectivity index (χ0n) is 16.8. The molecule has 0 radical (unpaired) electrons. The van der Waals surface area contributed by atoms with Crippen LogP contribution in [-0.2, 0) is 11.2 Å². The van der Waals surface area contributed by atoms with Gasteiger partial charge in [-0.1, -0.05) is 17.8 Å². The minimum Gasteiger partial charge on any atom is -0.481 e. The van der Waals surface area contributed by atoms with Crippen molar-refractivity contribution in [3.8, 4) is 0 Å². The zero-order valence-corrected chi connectivity index (χ0v) is 18.5. The summed E-state index contributed by atoms with van der Waals surface area (Å²) in [5.74, 6) is 0.420. The molecule has 0 unspecified atom stereocenters. The van der Waals surface area contributed by atoms with Crippen LogP contribution in [0.15, 0.2) is 16.5 Å². The number of anilines is 1. The summed E-state index contributed by atoms with van der Waals surface area (Å²) in [6, 6.07) is 3.30. The third-order valence-electron chi connectivity index (χ3n) is 4.53. The fourth-order valence-corrected chi connectivity index (χ4v) is 4.02. The number of nitrogens with zero attached hydrogens (tertiary/aromatic N) is 6. The molecule has 166 valence electrons. The van der Waals surface area contributed by atoms with Gasteiger partial charge in [-0.3, -0.25) is 9.69 Å². The Morgan fingerprint density at radius 2 is 2.03 bits per heavy atom. The fraction of sp³-hybridized carbons (Fsp3) is 0.500. The third-order valence-corrected chi connectivity index (χ3v) is 5.67. The summed E-state index contributed by atoms with van der Waals surface area (Å²) in [5, 5.41) is 25.4. The summed E-state index contributed by atoms with van der Waals surface area (Å²) in [5.41, 5.74) is 0.729. The summed E-state index contributed by atoms with van der Waals surface area (Å²) >= 11 is 5.60. The van der Waals surface area contributed by atoms with Gasteiger partial charge >= 0.3 is 12.0 Å². The lowest BCUT2D eigenvalue weighted by molar-refractivity contribution is -0.137. The zero-order chi connectivity index (χ0) is 22.1. The number of hydrogen-bond acceptors (Lipinski definition) is 9. The molecule has 0 saturated carbocycles. The van der Waals surface area contributed by atoms with E-state index in [1.54, 1.807) is 11.0 Å². The molecule has 2 amide bonds. The van der Waals surface area contributed by atoms with Crippen molar-refractivity contribution in [3.05, 3.63) is 18.0 Å². The molecule has 0 atom stereocenters. The Labute approximate surface area is 188 Å². The molecule has 0 aliphatic carbocycles. The molecule has 3 aromatic rings. The summed E-state index contributed by atoms with van der Waals surface area (Å²) in [7, 11) is 0. The molecule has 3 rings (SSSR count). The van der Waals surface area contributed by atoms with Gasteiger partial charge in [-0.05, 0) is 48.2 Å². The first-order valence-electron chi connectivity index (χ1n) is 9.99. The van der Waals surface area contributed by atoms with Crippen molar-refractivity contribution in [2.75, 3.05) is 18.0 Å². The van der Waals surface area contributed by atoms with E-state index in [1.807, 2.05) is 6.07 Å². The highest BCUT2D eigenvalue weighted by atomic mass is 32.2. The van der Waals surface area contributed by atoms with Crippen LogP contribution in [0.3, 0.4) is 0 Å². The first-order valence-corrected chi connectivity index (χ1v) is 11.3. The van der Waals surface area contributed by atoms with Crippen LogP contribution in [0.2, 0.25) is 0 Å². The average Bonchev–Trinajstić information content (AvgIpc) is 3.38. The maximum Gasteiger partial charge on any atom is 0.323 e. The number of H-pyrrole nitrogens is 1. The van der Waals surface area contributed by atoms with Gasteiger partial charge in [-0.25, -0.2) is 19.9 Å². The largest absolute Gasteiger partial charge is 0.481 e. The number of fused-ring (bicyclic) bond motifs is 1. The quantitative estimate of drug-likeness (QED) is 0.236. The SMILES string of the molecule is O=C(O)CCCCN(C(=O)NCCCCCc1nnn[nH]1)c1ccc2nc(S)sc2n1. The number of pyridine rings is 1. The first kappa shape index (κ1) is 22.9. The Kier molecular flexibility index (Phi) is 8.53. The lowest BCUT2D eigenvalue weighted by Crippen LogP contribution is -2.41. The van der Waals surface area contributed by atoms with Crippen molar-refractivity contribution < 1.29 is 14.7 Å². The van der Waals surface area contributed by atoms with Crippen molar-refractivity contribution in [2.45, 2.75) is 49.3 Å². The number of unbranched alkanes of at least 4 members (excludes halogenated alkanes) is 3. The van der Waals surface area contributed by atoms with Gasteiger partial charge in [0.15, 0.2) is 0 Å². The number of thiol groups is 1. The Morgan fingerprint density at radius 1 is 1.16 bits per heavy atom. The molecule has 0 spiro atoms. The highest BCUT2D eigenvalue weighted by Crippen LogP contribution is 2.25. The van der Waals surface area contributed by atoms with Gasteiger partial charge in [0, 0.05) is 25.9 Å². The minimum absolute atomic E-state index is 0.0699. The number of carbonyl (C=O) groups is 2. The minimum atomic E-state index is -0.845. The molecule has 0 bridgehead atoms. The number of amides is 2. The van der Waals surface area contributed by atoms with Crippen molar-refractivity contribution in [1.29, 1.82) is 0 Å². The standard InChI is InChI=1S/C18H24N8O3S2/c27-15(28)7-3-5-11-26(14-9-8-12-16(21-14)31-18(30)20-12)17(29)19-10-4-1-2-6-13-22-24-25-23-13/h8-9H,1-7,10-11H2,(H,19,29)(H,20,30)(H,27,28)(H,22,23,24,25). The highest BCUT2D eigenvalue weighted by Gasteiger charge is 2.18. The number of aryl methyl sites for hydroxylation is 1. The lowest BCUT2D eigenvalue weighted by Gasteiger charge is -2.22. The number of hydrogen-bond donors (Lipinski definition) is 4. The van der Waals surface area contributed by atoms with Gasteiger partial charge in [0.05, 0.1) is 0 Å². The molecular weight excluding hydrogens is 440 g/mol. The molecule has 3 N–H and O–H groups in total. The van der Waals surface area contributed by atoms with Crippen LogP contribution in [0.25, 0.3) is 10.3 Å². The Balaban J connectivity index is 1.53.